The fraction of sp³-hybridized carbons (Fsp3) is 0.421. The molecule has 5 nitrogen and oxygen atoms in total. The van der Waals surface area contributed by atoms with Crippen molar-refractivity contribution in [3.63, 3.8) is 0 Å². The molecule has 25 heavy (non-hydrogen) atoms. The first-order chi connectivity index (χ1) is 12.0. The van der Waals surface area contributed by atoms with Crippen LogP contribution >= 0.6 is 11.6 Å². The summed E-state index contributed by atoms with van der Waals surface area (Å²) in [5, 5.41) is 3.83. The minimum absolute atomic E-state index is 0.163. The van der Waals surface area contributed by atoms with Crippen molar-refractivity contribution < 1.29 is 14.3 Å². The van der Waals surface area contributed by atoms with Crippen LogP contribution in [0.5, 0.6) is 0 Å². The third-order valence-corrected chi connectivity index (χ3v) is 4.89. The maximum atomic E-state index is 12.4. The van der Waals surface area contributed by atoms with E-state index in [0.717, 1.165) is 19.3 Å². The second-order valence-electron chi connectivity index (χ2n) is 6.52. The minimum atomic E-state index is -0.577. The van der Waals surface area contributed by atoms with Crippen LogP contribution in [0.1, 0.15) is 43.0 Å². The zero-order valence-corrected chi connectivity index (χ0v) is 14.9. The number of amides is 1. The molecule has 1 N–H and O–H groups in total. The Morgan fingerprint density at radius 2 is 2.04 bits per heavy atom. The molecule has 3 rings (SSSR count). The van der Waals surface area contributed by atoms with Gasteiger partial charge in [0.15, 0.2) is 6.61 Å². The van der Waals surface area contributed by atoms with Crippen LogP contribution in [-0.2, 0) is 9.53 Å². The number of rotatable bonds is 4. The van der Waals surface area contributed by atoms with Crippen molar-refractivity contribution in [2.45, 2.75) is 38.6 Å². The molecule has 0 spiro atoms. The van der Waals surface area contributed by atoms with Gasteiger partial charge in [-0.05, 0) is 30.9 Å². The zero-order chi connectivity index (χ0) is 17.8. The fourth-order valence-electron chi connectivity index (χ4n) is 3.30. The van der Waals surface area contributed by atoms with Crippen molar-refractivity contribution >= 4 is 34.4 Å². The van der Waals surface area contributed by atoms with Crippen LogP contribution < -0.4 is 5.32 Å². The maximum Gasteiger partial charge on any atom is 0.339 e. The lowest BCUT2D eigenvalue weighted by Gasteiger charge is -2.29. The molecule has 1 aliphatic rings. The maximum absolute atomic E-state index is 12.4. The summed E-state index contributed by atoms with van der Waals surface area (Å²) in [7, 11) is 0. The molecule has 6 heteroatoms. The number of halogens is 1. The SMILES string of the molecule is C[C@@H]1CCCC[C@@H]1NC(=O)COC(=O)c1cc(Cl)nc2ccccc12. The number of aromatic nitrogens is 1. The standard InChI is InChI=1S/C19H21ClN2O3/c1-12-6-2-4-8-15(12)22-18(23)11-25-19(24)14-10-17(20)21-16-9-5-3-7-13(14)16/h3,5,7,9-10,12,15H,2,4,6,8,11H2,1H3,(H,22,23)/t12-,15+/m1/s1. The van der Waals surface area contributed by atoms with Crippen molar-refractivity contribution in [1.29, 1.82) is 0 Å². The smallest absolute Gasteiger partial charge is 0.339 e. The first-order valence-electron chi connectivity index (χ1n) is 8.56. The summed E-state index contributed by atoms with van der Waals surface area (Å²) >= 11 is 5.98. The Hall–Kier alpha value is -2.14. The number of hydrogen-bond donors (Lipinski definition) is 1. The van der Waals surface area contributed by atoms with E-state index in [0.29, 0.717) is 22.4 Å². The third kappa shape index (κ3) is 4.28. The largest absolute Gasteiger partial charge is 0.452 e. The molecule has 1 aliphatic carbocycles. The van der Waals surface area contributed by atoms with Gasteiger partial charge in [-0.2, -0.15) is 0 Å². The van der Waals surface area contributed by atoms with Crippen LogP contribution in [0, 0.1) is 5.92 Å². The summed E-state index contributed by atoms with van der Waals surface area (Å²) in [5.74, 6) is -0.389. The van der Waals surface area contributed by atoms with Crippen molar-refractivity contribution in [2.24, 2.45) is 5.92 Å². The summed E-state index contributed by atoms with van der Waals surface area (Å²) in [6.45, 7) is 1.84. The van der Waals surface area contributed by atoms with Gasteiger partial charge in [0.05, 0.1) is 11.1 Å². The minimum Gasteiger partial charge on any atom is -0.452 e. The van der Waals surface area contributed by atoms with Gasteiger partial charge in [0.25, 0.3) is 5.91 Å². The summed E-state index contributed by atoms with van der Waals surface area (Å²) < 4.78 is 5.19. The van der Waals surface area contributed by atoms with Crippen LogP contribution in [0.3, 0.4) is 0 Å². The normalized spacial score (nSPS) is 20.2. The summed E-state index contributed by atoms with van der Waals surface area (Å²) in [6, 6.07) is 8.81. The number of nitrogens with one attached hydrogen (secondary N) is 1. The molecule has 1 saturated carbocycles. The zero-order valence-electron chi connectivity index (χ0n) is 14.1. The molecule has 1 aromatic heterocycles. The quantitative estimate of drug-likeness (QED) is 0.666. The molecule has 1 heterocycles. The Kier molecular flexibility index (Phi) is 5.53. The molecule has 1 fully saturated rings. The summed E-state index contributed by atoms with van der Waals surface area (Å²) in [4.78, 5) is 28.7. The van der Waals surface area contributed by atoms with Crippen molar-refractivity contribution in [3.8, 4) is 0 Å². The van der Waals surface area contributed by atoms with E-state index in [1.807, 2.05) is 12.1 Å². The molecule has 1 amide bonds. The predicted octanol–water partition coefficient (Wildman–Crippen LogP) is 3.74. The molecule has 2 atom stereocenters. The monoisotopic (exact) mass is 360 g/mol. The molecule has 0 saturated heterocycles. The van der Waals surface area contributed by atoms with Gasteiger partial charge in [0.2, 0.25) is 0 Å². The van der Waals surface area contributed by atoms with Gasteiger partial charge in [-0.15, -0.1) is 0 Å². The summed E-state index contributed by atoms with van der Waals surface area (Å²) in [5.41, 5.74) is 0.928. The summed E-state index contributed by atoms with van der Waals surface area (Å²) in [6.07, 6.45) is 4.42. The molecule has 2 aromatic rings. The van der Waals surface area contributed by atoms with Crippen LogP contribution in [-0.4, -0.2) is 29.5 Å². The lowest BCUT2D eigenvalue weighted by Crippen LogP contribution is -2.42. The first-order valence-corrected chi connectivity index (χ1v) is 8.94. The fourth-order valence-corrected chi connectivity index (χ4v) is 3.50. The number of carbonyl (C=O) groups is 2. The lowest BCUT2D eigenvalue weighted by atomic mass is 9.86. The number of benzene rings is 1. The van der Waals surface area contributed by atoms with Crippen molar-refractivity contribution in [3.05, 3.63) is 41.0 Å². The average Bonchev–Trinajstić information content (AvgIpc) is 2.61. The predicted molar refractivity (Wildman–Crippen MR) is 96.6 cm³/mol. The van der Waals surface area contributed by atoms with Crippen molar-refractivity contribution in [2.75, 3.05) is 6.61 Å². The van der Waals surface area contributed by atoms with Gasteiger partial charge >= 0.3 is 5.97 Å². The number of hydrogen-bond acceptors (Lipinski definition) is 4. The van der Waals surface area contributed by atoms with Gasteiger partial charge < -0.3 is 10.1 Å². The van der Waals surface area contributed by atoms with E-state index in [-0.39, 0.29) is 23.7 Å². The van der Waals surface area contributed by atoms with Crippen LogP contribution in [0.2, 0.25) is 5.15 Å². The Balaban J connectivity index is 1.64. The van der Waals surface area contributed by atoms with E-state index < -0.39 is 5.97 Å². The Bertz CT molecular complexity index is 793. The molecule has 1 aromatic carbocycles. The van der Waals surface area contributed by atoms with Crippen molar-refractivity contribution in [1.82, 2.24) is 10.3 Å². The van der Waals surface area contributed by atoms with Crippen LogP contribution in [0.25, 0.3) is 10.9 Å². The number of carbonyl (C=O) groups excluding carboxylic acids is 2. The molecular weight excluding hydrogens is 340 g/mol. The van der Waals surface area contributed by atoms with Gasteiger partial charge in [-0.25, -0.2) is 9.78 Å². The third-order valence-electron chi connectivity index (χ3n) is 4.70. The van der Waals surface area contributed by atoms with E-state index in [9.17, 15) is 9.59 Å². The van der Waals surface area contributed by atoms with E-state index in [4.69, 9.17) is 16.3 Å². The Morgan fingerprint density at radius 1 is 1.28 bits per heavy atom. The van der Waals surface area contributed by atoms with Gasteiger partial charge in [0.1, 0.15) is 5.15 Å². The topological polar surface area (TPSA) is 68.3 Å². The molecule has 0 unspecified atom stereocenters. The Labute approximate surface area is 151 Å². The molecule has 0 radical (unpaired) electrons. The number of esters is 1. The highest BCUT2D eigenvalue weighted by molar-refractivity contribution is 6.30. The molecular formula is C19H21ClN2O3. The molecule has 0 aliphatic heterocycles. The number of nitrogens with zero attached hydrogens (tertiary/aromatic N) is 1. The lowest BCUT2D eigenvalue weighted by molar-refractivity contribution is -0.125. The van der Waals surface area contributed by atoms with Gasteiger partial charge in [-0.1, -0.05) is 49.6 Å². The number of pyridine rings is 1. The van der Waals surface area contributed by atoms with E-state index in [1.165, 1.54) is 12.5 Å². The number of fused-ring (bicyclic) bond motifs is 1. The highest BCUT2D eigenvalue weighted by Crippen LogP contribution is 2.24. The van der Waals surface area contributed by atoms with E-state index >= 15 is 0 Å². The van der Waals surface area contributed by atoms with Crippen LogP contribution in [0.15, 0.2) is 30.3 Å². The highest BCUT2D eigenvalue weighted by atomic mass is 35.5. The highest BCUT2D eigenvalue weighted by Gasteiger charge is 2.23. The van der Waals surface area contributed by atoms with Crippen LogP contribution in [0.4, 0.5) is 0 Å². The second-order valence-corrected chi connectivity index (χ2v) is 6.91. The molecule has 132 valence electrons. The average molecular weight is 361 g/mol. The second kappa shape index (κ2) is 7.83. The van der Waals surface area contributed by atoms with E-state index in [2.05, 4.69) is 17.2 Å². The van der Waals surface area contributed by atoms with Gasteiger partial charge in [-0.3, -0.25) is 4.79 Å². The number of ether oxygens (including phenoxy) is 1. The molecule has 0 bridgehead atoms. The van der Waals surface area contributed by atoms with E-state index in [1.54, 1.807) is 12.1 Å². The first kappa shape index (κ1) is 17.7. The Morgan fingerprint density at radius 3 is 2.84 bits per heavy atom. The number of para-hydroxylation sites is 1. The van der Waals surface area contributed by atoms with Gasteiger partial charge in [0, 0.05) is 11.4 Å².